The predicted molar refractivity (Wildman–Crippen MR) is 256 cm³/mol. The van der Waals surface area contributed by atoms with Crippen LogP contribution in [0, 0.1) is 0 Å². The third kappa shape index (κ3) is 6.43. The molecular formula is C56H38N6O3. The number of hydrogen-bond acceptors (Lipinski definition) is 8. The molecule has 3 aromatic heterocycles. The van der Waals surface area contributed by atoms with E-state index in [4.69, 9.17) is 8.83 Å². The van der Waals surface area contributed by atoms with Gasteiger partial charge in [0.15, 0.2) is 5.43 Å². The van der Waals surface area contributed by atoms with E-state index in [-0.39, 0.29) is 10.8 Å². The van der Waals surface area contributed by atoms with Crippen LogP contribution in [0.15, 0.2) is 214 Å². The molecule has 0 atom stereocenters. The molecule has 0 bridgehead atoms. The number of hydrogen-bond donors (Lipinski definition) is 0. The second kappa shape index (κ2) is 15.3. The van der Waals surface area contributed by atoms with Crippen LogP contribution in [0.5, 0.6) is 0 Å². The third-order valence-electron chi connectivity index (χ3n) is 12.6. The van der Waals surface area contributed by atoms with Gasteiger partial charge in [0.2, 0.25) is 23.6 Å². The Kier molecular flexibility index (Phi) is 8.94. The molecule has 0 unspecified atom stereocenters. The fraction of sp³-hybridized carbons (Fsp3) is 0.0536. The first kappa shape index (κ1) is 38.0. The normalized spacial score (nSPS) is 12.9. The fourth-order valence-electron chi connectivity index (χ4n) is 9.46. The Morgan fingerprint density at radius 1 is 0.431 bits per heavy atom. The molecule has 1 aliphatic rings. The summed E-state index contributed by atoms with van der Waals surface area (Å²) in [6, 6.07) is 67.4. The molecule has 9 nitrogen and oxygen atoms in total. The number of pyridine rings is 1. The first-order valence-electron chi connectivity index (χ1n) is 21.5. The lowest BCUT2D eigenvalue weighted by atomic mass is 9.68. The van der Waals surface area contributed by atoms with Crippen molar-refractivity contribution in [2.24, 2.45) is 0 Å². The molecule has 0 spiro atoms. The zero-order valence-corrected chi connectivity index (χ0v) is 35.2. The van der Waals surface area contributed by atoms with Gasteiger partial charge in [-0.2, -0.15) is 0 Å². The summed E-state index contributed by atoms with van der Waals surface area (Å²) < 4.78 is 14.5. The van der Waals surface area contributed by atoms with Gasteiger partial charge in [-0.25, -0.2) is 0 Å². The van der Waals surface area contributed by atoms with Crippen LogP contribution in [0.2, 0.25) is 0 Å². The van der Waals surface area contributed by atoms with Crippen molar-refractivity contribution < 1.29 is 8.83 Å². The molecule has 0 aliphatic carbocycles. The van der Waals surface area contributed by atoms with Gasteiger partial charge in [0.25, 0.3) is 0 Å². The molecule has 1 aliphatic heterocycles. The van der Waals surface area contributed by atoms with Gasteiger partial charge >= 0.3 is 0 Å². The number of para-hydroxylation sites is 4. The lowest BCUT2D eigenvalue weighted by Crippen LogP contribution is -2.34. The maximum Gasteiger partial charge on any atom is 0.248 e. The first-order chi connectivity index (χ1) is 32.0. The monoisotopic (exact) mass is 842 g/mol. The van der Waals surface area contributed by atoms with Crippen LogP contribution in [-0.2, 0) is 11.8 Å². The zero-order valence-electron chi connectivity index (χ0n) is 35.2. The van der Waals surface area contributed by atoms with Crippen molar-refractivity contribution in [3.63, 3.8) is 0 Å². The first-order valence-corrected chi connectivity index (χ1v) is 21.5. The topological polar surface area (TPSA) is 103 Å². The summed E-state index contributed by atoms with van der Waals surface area (Å²) in [7, 11) is 0. The van der Waals surface area contributed by atoms with E-state index in [1.165, 1.54) is 16.7 Å². The molecule has 65 heavy (non-hydrogen) atoms. The van der Waals surface area contributed by atoms with Gasteiger partial charge < -0.3 is 18.3 Å². The van der Waals surface area contributed by atoms with Crippen LogP contribution in [0.3, 0.4) is 0 Å². The molecule has 9 heteroatoms. The largest absolute Gasteiger partial charge is 0.416 e. The molecule has 8 aromatic carbocycles. The Labute approximate surface area is 373 Å². The number of fused-ring (bicyclic) bond motifs is 4. The Hall–Kier alpha value is -8.69. The number of anilines is 3. The van der Waals surface area contributed by atoms with E-state index in [0.717, 1.165) is 62.5 Å². The summed E-state index contributed by atoms with van der Waals surface area (Å²) in [5.74, 6) is 1.85. The van der Waals surface area contributed by atoms with Crippen molar-refractivity contribution >= 4 is 38.9 Å². The number of nitrogens with zero attached hydrogens (tertiary/aromatic N) is 6. The van der Waals surface area contributed by atoms with Gasteiger partial charge in [0.1, 0.15) is 0 Å². The second-order valence-electron chi connectivity index (χ2n) is 16.6. The number of aromatic nitrogens is 5. The quantitative estimate of drug-likeness (QED) is 0.139. The Morgan fingerprint density at radius 2 is 0.831 bits per heavy atom. The van der Waals surface area contributed by atoms with Gasteiger partial charge in [-0.3, -0.25) is 4.79 Å². The summed E-state index contributed by atoms with van der Waals surface area (Å²) in [5, 5.41) is 18.9. The van der Waals surface area contributed by atoms with Crippen LogP contribution >= 0.6 is 0 Å². The highest BCUT2D eigenvalue weighted by atomic mass is 16.4. The summed E-state index contributed by atoms with van der Waals surface area (Å²) in [5.41, 5.74) is 12.7. The number of rotatable bonds is 8. The maximum atomic E-state index is 13.3. The highest BCUT2D eigenvalue weighted by Gasteiger charge is 2.40. The van der Waals surface area contributed by atoms with Crippen molar-refractivity contribution in [3.8, 4) is 51.5 Å². The van der Waals surface area contributed by atoms with Crippen molar-refractivity contribution in [3.05, 3.63) is 227 Å². The predicted octanol–water partition coefficient (Wildman–Crippen LogP) is 12.9. The standard InChI is InChI=1S/C56H38N6O3/c1-56(45-17-7-11-21-49(45)62(50-22-12-8-18-46(50)56)42-33-29-40(30-34-42)54-59-57-52(64-54)37-13-3-2-4-14-37)35-36-23-25-38(26-24-36)53-58-60-55(65-53)39-27-31-41(32-28-39)61-47-19-9-5-15-43(47)51(63)44-16-6-10-20-48(44)61/h2-34H,35H2,1H3. The van der Waals surface area contributed by atoms with Crippen molar-refractivity contribution in [1.82, 2.24) is 25.0 Å². The smallest absolute Gasteiger partial charge is 0.248 e. The van der Waals surface area contributed by atoms with Gasteiger partial charge in [0, 0.05) is 49.8 Å². The van der Waals surface area contributed by atoms with Crippen LogP contribution in [0.25, 0.3) is 73.3 Å². The molecule has 0 saturated heterocycles. The summed E-state index contributed by atoms with van der Waals surface area (Å²) in [6.45, 7) is 2.34. The van der Waals surface area contributed by atoms with Crippen molar-refractivity contribution in [2.75, 3.05) is 4.90 Å². The fourth-order valence-corrected chi connectivity index (χ4v) is 9.46. The van der Waals surface area contributed by atoms with Crippen LogP contribution in [0.4, 0.5) is 17.1 Å². The molecule has 310 valence electrons. The van der Waals surface area contributed by atoms with Crippen molar-refractivity contribution in [2.45, 2.75) is 18.8 Å². The highest BCUT2D eigenvalue weighted by molar-refractivity contribution is 5.95. The molecule has 11 aromatic rings. The van der Waals surface area contributed by atoms with E-state index in [1.807, 2.05) is 115 Å². The van der Waals surface area contributed by atoms with Crippen molar-refractivity contribution in [1.29, 1.82) is 0 Å². The average Bonchev–Trinajstić information content (AvgIpc) is 4.08. The molecule has 4 heterocycles. The van der Waals surface area contributed by atoms with Crippen LogP contribution < -0.4 is 10.3 Å². The van der Waals surface area contributed by atoms with E-state index < -0.39 is 0 Å². The molecule has 0 amide bonds. The van der Waals surface area contributed by atoms with Gasteiger partial charge in [-0.1, -0.05) is 97.9 Å². The Balaban J connectivity index is 0.806. The minimum Gasteiger partial charge on any atom is -0.416 e. The minimum atomic E-state index is -0.333. The second-order valence-corrected chi connectivity index (χ2v) is 16.6. The lowest BCUT2D eigenvalue weighted by Gasteiger charge is -2.44. The van der Waals surface area contributed by atoms with E-state index in [9.17, 15) is 4.79 Å². The Morgan fingerprint density at radius 3 is 1.34 bits per heavy atom. The average molecular weight is 843 g/mol. The summed E-state index contributed by atoms with van der Waals surface area (Å²) >= 11 is 0. The number of benzene rings is 8. The lowest BCUT2D eigenvalue weighted by molar-refractivity contribution is 0.561. The molecule has 0 radical (unpaired) electrons. The van der Waals surface area contributed by atoms with Gasteiger partial charge in [-0.05, 0) is 132 Å². The minimum absolute atomic E-state index is 0.0288. The summed E-state index contributed by atoms with van der Waals surface area (Å²) in [6.07, 6.45) is 0.774. The van der Waals surface area contributed by atoms with E-state index in [2.05, 4.69) is 122 Å². The maximum absolute atomic E-state index is 13.3. The van der Waals surface area contributed by atoms with Crippen LogP contribution in [0.1, 0.15) is 23.6 Å². The molecule has 0 N–H and O–H groups in total. The van der Waals surface area contributed by atoms with Gasteiger partial charge in [-0.15, -0.1) is 20.4 Å². The van der Waals surface area contributed by atoms with E-state index in [0.29, 0.717) is 34.3 Å². The zero-order chi connectivity index (χ0) is 43.5. The SMILES string of the molecule is CC1(Cc2ccc(-c3nnc(-c4ccc(-n5c6ccccc6c(=O)c6ccccc65)cc4)o3)cc2)c2ccccc2N(c2ccc(-c3nnc(-c4ccccc4)o3)cc2)c2ccccc21. The highest BCUT2D eigenvalue weighted by Crippen LogP contribution is 2.53. The molecule has 0 saturated carbocycles. The third-order valence-corrected chi connectivity index (χ3v) is 12.6. The summed E-state index contributed by atoms with van der Waals surface area (Å²) in [4.78, 5) is 15.7. The molecule has 0 fully saturated rings. The molecule has 12 rings (SSSR count). The molecular weight excluding hydrogens is 805 g/mol. The Bertz CT molecular complexity index is 3510. The van der Waals surface area contributed by atoms with E-state index in [1.54, 1.807) is 0 Å². The van der Waals surface area contributed by atoms with Gasteiger partial charge in [0.05, 0.1) is 22.4 Å². The van der Waals surface area contributed by atoms with E-state index >= 15 is 0 Å². The van der Waals surface area contributed by atoms with Crippen LogP contribution in [-0.4, -0.2) is 25.0 Å².